The predicted molar refractivity (Wildman–Crippen MR) is 228 cm³/mol. The summed E-state index contributed by atoms with van der Waals surface area (Å²) in [6.07, 6.45) is -3.30. The van der Waals surface area contributed by atoms with Crippen molar-refractivity contribution in [2.24, 2.45) is 11.3 Å². The second-order valence-corrected chi connectivity index (χ2v) is 20.6. The summed E-state index contributed by atoms with van der Waals surface area (Å²) in [6, 6.07) is 19.0. The van der Waals surface area contributed by atoms with Crippen molar-refractivity contribution in [3.63, 3.8) is 0 Å². The van der Waals surface area contributed by atoms with Crippen molar-refractivity contribution in [3.05, 3.63) is 99.9 Å². The zero-order chi connectivity index (χ0) is 43.8. The first-order valence-electron chi connectivity index (χ1n) is 20.3. The number of fused-ring (bicyclic) bond motifs is 3. The molecule has 5 aromatic rings. The van der Waals surface area contributed by atoms with Gasteiger partial charge in [-0.1, -0.05) is 44.2 Å². The van der Waals surface area contributed by atoms with Crippen LogP contribution in [0.3, 0.4) is 0 Å². The minimum atomic E-state index is -4.52. The van der Waals surface area contributed by atoms with Gasteiger partial charge in [-0.3, -0.25) is 0 Å². The molecule has 0 unspecified atom stereocenters. The van der Waals surface area contributed by atoms with Gasteiger partial charge in [-0.05, 0) is 96.7 Å². The summed E-state index contributed by atoms with van der Waals surface area (Å²) >= 11 is 2.74. The molecule has 62 heavy (non-hydrogen) atoms. The van der Waals surface area contributed by atoms with E-state index in [2.05, 4.69) is 24.1 Å². The van der Waals surface area contributed by atoms with Crippen LogP contribution in [0.5, 0.6) is 5.75 Å². The van der Waals surface area contributed by atoms with Gasteiger partial charge in [0.15, 0.2) is 0 Å². The van der Waals surface area contributed by atoms with E-state index < -0.39 is 71.6 Å². The fourth-order valence-corrected chi connectivity index (χ4v) is 12.1. The molecule has 1 amide bonds. The first-order valence-corrected chi connectivity index (χ1v) is 23.4. The fourth-order valence-electron chi connectivity index (χ4n) is 8.56. The number of sulfonamides is 1. The number of nitrogens with zero attached hydrogens (tertiary/aromatic N) is 2. The van der Waals surface area contributed by atoms with Crippen molar-refractivity contribution < 1.29 is 55.9 Å². The number of aliphatic hydroxyl groups is 1. The average Bonchev–Trinajstić information content (AvgIpc) is 4.03. The molecule has 4 heterocycles. The Balaban J connectivity index is 0.929. The molecule has 0 bridgehead atoms. The number of hydrogen-bond donors (Lipinski definition) is 3. The number of rotatable bonds is 16. The Morgan fingerprint density at radius 1 is 1.06 bits per heavy atom. The summed E-state index contributed by atoms with van der Waals surface area (Å²) in [6.45, 7) is 2.67. The number of aromatic carboxylic acids is 1. The number of carboxylic acid groups (broad SMARTS) is 1. The Morgan fingerprint density at radius 2 is 1.84 bits per heavy atom. The molecule has 0 saturated carbocycles. The quantitative estimate of drug-likeness (QED) is 0.0901. The number of nitrogens with one attached hydrogen (secondary N) is 1. The van der Waals surface area contributed by atoms with Crippen molar-refractivity contribution in [2.75, 3.05) is 32.9 Å². The lowest BCUT2D eigenvalue weighted by molar-refractivity contribution is -0.211. The molecular weight excluding hydrogens is 865 g/mol. The number of carboxylic acids is 1. The van der Waals surface area contributed by atoms with Crippen molar-refractivity contribution in [1.82, 2.24) is 14.6 Å². The van der Waals surface area contributed by atoms with Gasteiger partial charge in [-0.2, -0.15) is 4.31 Å². The van der Waals surface area contributed by atoms with Gasteiger partial charge in [-0.15, -0.1) is 22.7 Å². The molecule has 8 rings (SSSR count). The molecule has 5 atom stereocenters. The van der Waals surface area contributed by atoms with Crippen LogP contribution in [0.2, 0.25) is 0 Å². The van der Waals surface area contributed by atoms with Gasteiger partial charge in [0.2, 0.25) is 15.8 Å². The largest absolute Gasteiger partial charge is 0.488 e. The molecular formula is C44H47F2N3O10S3. The van der Waals surface area contributed by atoms with Gasteiger partial charge in [0.05, 0.1) is 64.0 Å². The maximum atomic E-state index is 13.9. The summed E-state index contributed by atoms with van der Waals surface area (Å²) in [5.41, 5.74) is 4.90. The highest BCUT2D eigenvalue weighted by atomic mass is 32.2. The van der Waals surface area contributed by atoms with Crippen LogP contribution in [-0.4, -0.2) is 103 Å². The van der Waals surface area contributed by atoms with E-state index in [9.17, 15) is 37.0 Å². The van der Waals surface area contributed by atoms with E-state index in [1.165, 1.54) is 40.9 Å². The monoisotopic (exact) mass is 911 g/mol. The lowest BCUT2D eigenvalue weighted by atomic mass is 9.76. The molecule has 3 aromatic carbocycles. The van der Waals surface area contributed by atoms with Crippen LogP contribution in [-0.2, 0) is 43.5 Å². The Hall–Kier alpha value is -4.56. The number of amides is 1. The van der Waals surface area contributed by atoms with Crippen LogP contribution in [0.4, 0.5) is 13.6 Å². The minimum Gasteiger partial charge on any atom is -0.488 e. The number of benzene rings is 3. The SMILES string of the molecule is CC1(C)CCc2sc(-c3ccc(OC[C@]45OCC[C@H]4[C@@H](OC(=O)N[C@@H](Cc4ccccc4)[C@H](O)CN(CC(F)F)S(=O)(=O)c4ccc6ncsc6c4)CO5)cc3)c(C(=O)O)c2C1. The van der Waals surface area contributed by atoms with Gasteiger partial charge in [0, 0.05) is 16.3 Å². The highest BCUT2D eigenvalue weighted by Crippen LogP contribution is 2.46. The Morgan fingerprint density at radius 3 is 2.58 bits per heavy atom. The minimum absolute atomic E-state index is 0.0192. The van der Waals surface area contributed by atoms with Gasteiger partial charge in [-0.25, -0.2) is 31.8 Å². The van der Waals surface area contributed by atoms with E-state index in [4.69, 9.17) is 18.9 Å². The van der Waals surface area contributed by atoms with E-state index >= 15 is 0 Å². The van der Waals surface area contributed by atoms with Crippen LogP contribution in [0.25, 0.3) is 20.7 Å². The standard InChI is InChI=1S/C44H47F2N3O10S3/c1-43(2)16-14-36-30(20-43)39(41(51)52)40(61-36)27-8-10-28(11-9-27)56-24-44-31(15-17-57-44)35(23-58-44)59-42(53)48-33(18-26-6-4-3-5-7-26)34(50)21-49(22-38(45)46)62(54,55)29-12-13-32-37(19-29)60-25-47-32/h3-13,19,25,31,33-35,38,50H,14-18,20-24H2,1-2H3,(H,48,53)(H,51,52)/t31-,33-,34+,35-,44+/m0/s1. The molecule has 13 nitrogen and oxygen atoms in total. The average molecular weight is 912 g/mol. The Labute approximate surface area is 365 Å². The normalized spacial score (nSPS) is 21.7. The van der Waals surface area contributed by atoms with Gasteiger partial charge in [0.1, 0.15) is 18.5 Å². The second-order valence-electron chi connectivity index (χ2n) is 16.7. The number of aromatic nitrogens is 1. The smallest absolute Gasteiger partial charge is 0.407 e. The zero-order valence-corrected chi connectivity index (χ0v) is 36.4. The van der Waals surface area contributed by atoms with Gasteiger partial charge >= 0.3 is 12.1 Å². The summed E-state index contributed by atoms with van der Waals surface area (Å²) in [5, 5.41) is 24.4. The highest BCUT2D eigenvalue weighted by Gasteiger charge is 2.57. The number of halogens is 2. The first-order chi connectivity index (χ1) is 29.6. The molecule has 18 heteroatoms. The third-order valence-corrected chi connectivity index (χ3v) is 15.8. The van der Waals surface area contributed by atoms with Crippen molar-refractivity contribution >= 4 is 55.0 Å². The lowest BCUT2D eigenvalue weighted by Crippen LogP contribution is -2.52. The van der Waals surface area contributed by atoms with Crippen LogP contribution >= 0.6 is 22.7 Å². The molecule has 2 fully saturated rings. The number of ether oxygens (including phenoxy) is 4. The third kappa shape index (κ3) is 9.37. The molecule has 330 valence electrons. The van der Waals surface area contributed by atoms with Crippen molar-refractivity contribution in [2.45, 2.75) is 81.3 Å². The van der Waals surface area contributed by atoms with Crippen molar-refractivity contribution in [1.29, 1.82) is 0 Å². The number of carbonyl (C=O) groups excluding carboxylic acids is 1. The van der Waals surface area contributed by atoms with Crippen LogP contribution in [0.1, 0.15) is 53.1 Å². The number of thiophene rings is 1. The second kappa shape index (κ2) is 17.9. The fraction of sp³-hybridized carbons (Fsp3) is 0.432. The number of aryl methyl sites for hydroxylation is 1. The van der Waals surface area contributed by atoms with E-state index in [1.54, 1.807) is 48.0 Å². The maximum absolute atomic E-state index is 13.9. The highest BCUT2D eigenvalue weighted by molar-refractivity contribution is 7.89. The maximum Gasteiger partial charge on any atom is 0.407 e. The number of alkyl halides is 2. The first kappa shape index (κ1) is 44.1. The molecule has 2 aromatic heterocycles. The number of thiazole rings is 1. The van der Waals surface area contributed by atoms with E-state index in [0.29, 0.717) is 44.4 Å². The summed E-state index contributed by atoms with van der Waals surface area (Å²) in [4.78, 5) is 31.8. The topological polar surface area (TPSA) is 174 Å². The summed E-state index contributed by atoms with van der Waals surface area (Å²) in [5.74, 6) is -2.08. The molecule has 1 aliphatic carbocycles. The number of aliphatic hydroxyl groups excluding tert-OH is 1. The van der Waals surface area contributed by atoms with Gasteiger partial charge < -0.3 is 34.5 Å². The van der Waals surface area contributed by atoms with Crippen LogP contribution < -0.4 is 10.1 Å². The predicted octanol–water partition coefficient (Wildman–Crippen LogP) is 7.40. The van der Waals surface area contributed by atoms with Gasteiger partial charge in [0.25, 0.3) is 6.43 Å². The lowest BCUT2D eigenvalue weighted by Gasteiger charge is -2.30. The third-order valence-electron chi connectivity index (χ3n) is 11.8. The number of alkyl carbamates (subject to hydrolysis) is 1. The molecule has 2 aliphatic heterocycles. The molecule has 0 spiro atoms. The number of hydrogen-bond acceptors (Lipinski definition) is 12. The molecule has 2 saturated heterocycles. The molecule has 0 radical (unpaired) electrons. The summed E-state index contributed by atoms with van der Waals surface area (Å²) < 4.78 is 80.6. The molecule has 3 N–H and O–H groups in total. The van der Waals surface area contributed by atoms with E-state index in [-0.39, 0.29) is 29.9 Å². The summed E-state index contributed by atoms with van der Waals surface area (Å²) in [7, 11) is -4.52. The number of carbonyl (C=O) groups is 2. The Kier molecular flexibility index (Phi) is 12.7. The molecule has 3 aliphatic rings. The van der Waals surface area contributed by atoms with Crippen molar-refractivity contribution in [3.8, 4) is 16.2 Å². The Bertz CT molecular complexity index is 2520. The van der Waals surface area contributed by atoms with Crippen LogP contribution in [0, 0.1) is 11.3 Å². The van der Waals surface area contributed by atoms with Crippen LogP contribution in [0.15, 0.2) is 83.2 Å². The zero-order valence-electron chi connectivity index (χ0n) is 34.0. The van der Waals surface area contributed by atoms with E-state index in [1.807, 2.05) is 12.1 Å². The van der Waals surface area contributed by atoms with E-state index in [0.717, 1.165) is 40.1 Å².